The Hall–Kier alpha value is 0.246. The summed E-state index contributed by atoms with van der Waals surface area (Å²) in [5, 5.41) is 1.76. The predicted molar refractivity (Wildman–Crippen MR) is 64.3 cm³/mol. The molecule has 0 aliphatic rings. The van der Waals surface area contributed by atoms with Gasteiger partial charge in [0.15, 0.2) is 0 Å². The van der Waals surface area contributed by atoms with Crippen LogP contribution in [0.15, 0.2) is 41.3 Å². The standard InChI is InChI=1S/C11H10O3S.K/c1-8-2-3-10-7-11(15(12,13)14)5-4-9(10)6-8;/h2-7H,1H3,(H,12,13,14);. The van der Waals surface area contributed by atoms with Crippen molar-refractivity contribution in [2.45, 2.75) is 11.8 Å². The van der Waals surface area contributed by atoms with Crippen LogP contribution in [0.5, 0.6) is 0 Å². The minimum absolute atomic E-state index is 0. The van der Waals surface area contributed by atoms with Crippen molar-refractivity contribution < 1.29 is 13.0 Å². The summed E-state index contributed by atoms with van der Waals surface area (Å²) >= 11 is 0. The van der Waals surface area contributed by atoms with E-state index in [-0.39, 0.29) is 56.3 Å². The summed E-state index contributed by atoms with van der Waals surface area (Å²) < 4.78 is 30.7. The quantitative estimate of drug-likeness (QED) is 0.631. The van der Waals surface area contributed by atoms with Gasteiger partial charge in [0.2, 0.25) is 0 Å². The molecule has 0 saturated heterocycles. The fourth-order valence-corrected chi connectivity index (χ4v) is 2.02. The van der Waals surface area contributed by atoms with E-state index in [0.29, 0.717) is 0 Å². The van der Waals surface area contributed by atoms with E-state index in [0.717, 1.165) is 16.3 Å². The molecule has 2 rings (SSSR count). The van der Waals surface area contributed by atoms with Crippen LogP contribution in [0, 0.1) is 6.92 Å². The van der Waals surface area contributed by atoms with Crippen LogP contribution < -0.4 is 0 Å². The molecule has 2 aromatic rings. The molecular weight excluding hydrogens is 251 g/mol. The molecule has 0 bridgehead atoms. The molecule has 0 atom stereocenters. The minimum atomic E-state index is -4.10. The minimum Gasteiger partial charge on any atom is -0.282 e. The summed E-state index contributed by atoms with van der Waals surface area (Å²) in [7, 11) is -4.10. The summed E-state index contributed by atoms with van der Waals surface area (Å²) in [6.07, 6.45) is 0. The van der Waals surface area contributed by atoms with Crippen LogP contribution in [0.25, 0.3) is 10.8 Å². The van der Waals surface area contributed by atoms with Crippen LogP contribution in [-0.2, 0) is 10.1 Å². The first kappa shape index (κ1) is 14.3. The Morgan fingerprint density at radius 1 is 1.00 bits per heavy atom. The van der Waals surface area contributed by atoms with Gasteiger partial charge >= 0.3 is 0 Å². The normalized spacial score (nSPS) is 11.1. The first-order valence-electron chi connectivity index (χ1n) is 4.45. The molecule has 2 aromatic carbocycles. The van der Waals surface area contributed by atoms with Crippen molar-refractivity contribution in [3.8, 4) is 0 Å². The van der Waals surface area contributed by atoms with E-state index in [4.69, 9.17) is 4.55 Å². The van der Waals surface area contributed by atoms with Crippen LogP contribution in [-0.4, -0.2) is 64.4 Å². The molecule has 0 aromatic heterocycles. The molecule has 5 heteroatoms. The zero-order valence-electron chi connectivity index (χ0n) is 9.14. The van der Waals surface area contributed by atoms with Crippen LogP contribution in [0.4, 0.5) is 0 Å². The summed E-state index contributed by atoms with van der Waals surface area (Å²) in [6, 6.07) is 10.2. The zero-order valence-corrected chi connectivity index (χ0v) is 13.1. The van der Waals surface area contributed by atoms with Gasteiger partial charge in [0.1, 0.15) is 0 Å². The largest absolute Gasteiger partial charge is 0.294 e. The number of rotatable bonds is 1. The van der Waals surface area contributed by atoms with Gasteiger partial charge in [-0.25, -0.2) is 0 Å². The molecule has 0 aliphatic heterocycles. The second kappa shape index (κ2) is 5.26. The Labute approximate surface area is 137 Å². The third-order valence-electron chi connectivity index (χ3n) is 2.27. The van der Waals surface area contributed by atoms with E-state index in [9.17, 15) is 8.42 Å². The van der Waals surface area contributed by atoms with Crippen molar-refractivity contribution in [2.75, 3.05) is 0 Å². The maximum Gasteiger partial charge on any atom is 0.294 e. The van der Waals surface area contributed by atoms with Gasteiger partial charge in [-0.2, -0.15) is 8.42 Å². The number of hydrogen-bond donors (Lipinski definition) is 1. The molecule has 1 radical (unpaired) electrons. The summed E-state index contributed by atoms with van der Waals surface area (Å²) in [5.41, 5.74) is 1.11. The van der Waals surface area contributed by atoms with Crippen molar-refractivity contribution in [1.82, 2.24) is 0 Å². The molecule has 0 amide bonds. The summed E-state index contributed by atoms with van der Waals surface area (Å²) in [5.74, 6) is 0. The van der Waals surface area contributed by atoms with Gasteiger partial charge < -0.3 is 0 Å². The predicted octanol–water partition coefficient (Wildman–Crippen LogP) is 2.01. The SMILES string of the molecule is Cc1ccc2cc(S(=O)(=O)O)ccc2c1.[K]. The molecule has 0 spiro atoms. The Morgan fingerprint density at radius 3 is 2.19 bits per heavy atom. The van der Waals surface area contributed by atoms with Crippen molar-refractivity contribution in [3.63, 3.8) is 0 Å². The van der Waals surface area contributed by atoms with E-state index >= 15 is 0 Å². The van der Waals surface area contributed by atoms with E-state index in [1.165, 1.54) is 12.1 Å². The van der Waals surface area contributed by atoms with Crippen LogP contribution >= 0.6 is 0 Å². The Balaban J connectivity index is 0.00000128. The molecule has 0 aliphatic carbocycles. The third kappa shape index (κ3) is 3.13. The second-order valence-electron chi connectivity index (χ2n) is 3.49. The molecule has 3 nitrogen and oxygen atoms in total. The molecule has 0 heterocycles. The number of aryl methyl sites for hydroxylation is 1. The van der Waals surface area contributed by atoms with Gasteiger partial charge in [-0.15, -0.1) is 0 Å². The number of fused-ring (bicyclic) bond motifs is 1. The molecule has 0 unspecified atom stereocenters. The summed E-state index contributed by atoms with van der Waals surface area (Å²) in [4.78, 5) is -0.0705. The second-order valence-corrected chi connectivity index (χ2v) is 4.91. The Morgan fingerprint density at radius 2 is 1.56 bits per heavy atom. The van der Waals surface area contributed by atoms with E-state index in [1.807, 2.05) is 25.1 Å². The zero-order chi connectivity index (χ0) is 11.1. The van der Waals surface area contributed by atoms with Gasteiger partial charge in [0, 0.05) is 51.4 Å². The fourth-order valence-electron chi connectivity index (χ4n) is 1.50. The third-order valence-corrected chi connectivity index (χ3v) is 3.11. The molecule has 1 N–H and O–H groups in total. The van der Waals surface area contributed by atoms with Gasteiger partial charge in [0.25, 0.3) is 10.1 Å². The molecule has 16 heavy (non-hydrogen) atoms. The van der Waals surface area contributed by atoms with Crippen LogP contribution in [0.3, 0.4) is 0 Å². The molecule has 0 saturated carbocycles. The van der Waals surface area contributed by atoms with Crippen LogP contribution in [0.2, 0.25) is 0 Å². The first-order valence-corrected chi connectivity index (χ1v) is 5.89. The Bertz CT molecular complexity index is 620. The number of hydrogen-bond acceptors (Lipinski definition) is 2. The van der Waals surface area contributed by atoms with Crippen molar-refractivity contribution >= 4 is 72.3 Å². The van der Waals surface area contributed by atoms with Crippen molar-refractivity contribution in [1.29, 1.82) is 0 Å². The van der Waals surface area contributed by atoms with Gasteiger partial charge in [-0.1, -0.05) is 29.8 Å². The topological polar surface area (TPSA) is 54.4 Å². The average Bonchev–Trinajstić information content (AvgIpc) is 2.15. The van der Waals surface area contributed by atoms with E-state index < -0.39 is 10.1 Å². The van der Waals surface area contributed by atoms with E-state index in [1.54, 1.807) is 6.07 Å². The number of benzene rings is 2. The fraction of sp³-hybridized carbons (Fsp3) is 0.0909. The maximum absolute atomic E-state index is 10.9. The molecule has 0 fully saturated rings. The van der Waals surface area contributed by atoms with Crippen LogP contribution in [0.1, 0.15) is 5.56 Å². The maximum atomic E-state index is 10.9. The first-order chi connectivity index (χ1) is 6.97. The average molecular weight is 261 g/mol. The molecular formula is C11H10KO3S. The van der Waals surface area contributed by atoms with Crippen molar-refractivity contribution in [3.05, 3.63) is 42.0 Å². The Kier molecular flexibility index (Phi) is 4.71. The smallest absolute Gasteiger partial charge is 0.282 e. The van der Waals surface area contributed by atoms with Gasteiger partial charge in [-0.05, 0) is 29.8 Å². The van der Waals surface area contributed by atoms with E-state index in [2.05, 4.69) is 0 Å². The molecule has 79 valence electrons. The van der Waals surface area contributed by atoms with Crippen molar-refractivity contribution in [2.24, 2.45) is 0 Å². The monoisotopic (exact) mass is 261 g/mol. The van der Waals surface area contributed by atoms with Gasteiger partial charge in [-0.3, -0.25) is 4.55 Å². The summed E-state index contributed by atoms with van der Waals surface area (Å²) in [6.45, 7) is 1.97. The van der Waals surface area contributed by atoms with Gasteiger partial charge in [0.05, 0.1) is 4.90 Å².